The van der Waals surface area contributed by atoms with Gasteiger partial charge in [-0.25, -0.2) is 4.39 Å². The summed E-state index contributed by atoms with van der Waals surface area (Å²) in [5, 5.41) is 0.523. The van der Waals surface area contributed by atoms with Crippen LogP contribution in [0.3, 0.4) is 0 Å². The predicted molar refractivity (Wildman–Crippen MR) is 60.5 cm³/mol. The minimum Gasteiger partial charge on any atom is -0.330 e. The van der Waals surface area contributed by atoms with Crippen molar-refractivity contribution in [2.45, 2.75) is 25.7 Å². The lowest BCUT2D eigenvalue weighted by atomic mass is 9.65. The highest BCUT2D eigenvalue weighted by atomic mass is 35.5. The Balaban J connectivity index is 2.23. The summed E-state index contributed by atoms with van der Waals surface area (Å²) < 4.78 is 13.6. The van der Waals surface area contributed by atoms with E-state index in [0.29, 0.717) is 23.6 Å². The van der Waals surface area contributed by atoms with E-state index in [2.05, 4.69) is 0 Å². The number of nitrogens with two attached hydrogens (primary N) is 1. The van der Waals surface area contributed by atoms with Gasteiger partial charge in [0.2, 0.25) is 0 Å². The first-order chi connectivity index (χ1) is 7.17. The Morgan fingerprint density at radius 2 is 2.13 bits per heavy atom. The van der Waals surface area contributed by atoms with Crippen molar-refractivity contribution in [2.75, 3.05) is 6.54 Å². The number of hydrogen-bond acceptors (Lipinski definition) is 1. The quantitative estimate of drug-likeness (QED) is 0.844. The maximum atomic E-state index is 13.6. The Morgan fingerprint density at radius 1 is 1.40 bits per heavy atom. The van der Waals surface area contributed by atoms with E-state index in [0.717, 1.165) is 12.8 Å². The molecule has 0 spiro atoms. The molecule has 0 bridgehead atoms. The maximum Gasteiger partial charge on any atom is 0.127 e. The fourth-order valence-corrected chi connectivity index (χ4v) is 2.44. The maximum absolute atomic E-state index is 13.6. The van der Waals surface area contributed by atoms with Crippen LogP contribution in [0.25, 0.3) is 0 Å². The van der Waals surface area contributed by atoms with E-state index in [9.17, 15) is 4.39 Å². The third-order valence-electron chi connectivity index (χ3n) is 3.46. The van der Waals surface area contributed by atoms with Crippen molar-refractivity contribution in [1.29, 1.82) is 0 Å². The SMILES string of the molecule is NCC1(Cc2c(F)cccc2Cl)CCC1. The average Bonchev–Trinajstić information content (AvgIpc) is 2.15. The lowest BCUT2D eigenvalue weighted by Gasteiger charge is -2.41. The van der Waals surface area contributed by atoms with Crippen LogP contribution in [0.2, 0.25) is 5.02 Å². The topological polar surface area (TPSA) is 26.0 Å². The summed E-state index contributed by atoms with van der Waals surface area (Å²) in [6.07, 6.45) is 4.06. The zero-order chi connectivity index (χ0) is 10.9. The van der Waals surface area contributed by atoms with Gasteiger partial charge in [0.25, 0.3) is 0 Å². The van der Waals surface area contributed by atoms with Crippen LogP contribution in [0.4, 0.5) is 4.39 Å². The number of halogens is 2. The van der Waals surface area contributed by atoms with Gasteiger partial charge in [-0.3, -0.25) is 0 Å². The molecular formula is C12H15ClFN. The van der Waals surface area contributed by atoms with Gasteiger partial charge in [0.1, 0.15) is 5.82 Å². The molecule has 3 heteroatoms. The number of benzene rings is 1. The zero-order valence-electron chi connectivity index (χ0n) is 8.60. The second-order valence-corrected chi connectivity index (χ2v) is 4.84. The molecule has 1 aromatic carbocycles. The van der Waals surface area contributed by atoms with Gasteiger partial charge in [-0.05, 0) is 43.4 Å². The van der Waals surface area contributed by atoms with Gasteiger partial charge in [-0.15, -0.1) is 0 Å². The van der Waals surface area contributed by atoms with Gasteiger partial charge >= 0.3 is 0 Å². The Labute approximate surface area is 94.4 Å². The molecule has 1 fully saturated rings. The number of hydrogen-bond donors (Lipinski definition) is 1. The molecule has 0 amide bonds. The Kier molecular flexibility index (Phi) is 2.98. The normalized spacial score (nSPS) is 18.6. The molecule has 1 aliphatic rings. The predicted octanol–water partition coefficient (Wildman–Crippen LogP) is 3.15. The van der Waals surface area contributed by atoms with E-state index in [1.807, 2.05) is 0 Å². The van der Waals surface area contributed by atoms with Crippen molar-refractivity contribution in [3.63, 3.8) is 0 Å². The monoisotopic (exact) mass is 227 g/mol. The summed E-state index contributed by atoms with van der Waals surface area (Å²) >= 11 is 5.99. The molecule has 0 heterocycles. The Morgan fingerprint density at radius 3 is 2.60 bits per heavy atom. The first-order valence-corrected chi connectivity index (χ1v) is 5.68. The molecule has 2 N–H and O–H groups in total. The highest BCUT2D eigenvalue weighted by molar-refractivity contribution is 6.31. The standard InChI is InChI=1S/C12H15ClFN/c13-10-3-1-4-11(14)9(10)7-12(8-15)5-2-6-12/h1,3-4H,2,5-8,15H2. The van der Waals surface area contributed by atoms with Crippen LogP contribution >= 0.6 is 11.6 Å². The molecule has 0 radical (unpaired) electrons. The highest BCUT2D eigenvalue weighted by Crippen LogP contribution is 2.44. The fraction of sp³-hybridized carbons (Fsp3) is 0.500. The number of rotatable bonds is 3. The first kappa shape index (κ1) is 10.9. The summed E-state index contributed by atoms with van der Waals surface area (Å²) in [5.74, 6) is -0.206. The smallest absolute Gasteiger partial charge is 0.127 e. The van der Waals surface area contributed by atoms with E-state index < -0.39 is 0 Å². The molecule has 0 unspecified atom stereocenters. The molecule has 0 saturated heterocycles. The van der Waals surface area contributed by atoms with Gasteiger partial charge in [0, 0.05) is 10.6 Å². The second kappa shape index (κ2) is 4.11. The summed E-state index contributed by atoms with van der Waals surface area (Å²) in [5.41, 5.74) is 6.48. The van der Waals surface area contributed by atoms with Gasteiger partial charge in [-0.1, -0.05) is 24.1 Å². The van der Waals surface area contributed by atoms with Gasteiger partial charge in [0.05, 0.1) is 0 Å². The molecular weight excluding hydrogens is 213 g/mol. The van der Waals surface area contributed by atoms with E-state index in [1.165, 1.54) is 12.5 Å². The van der Waals surface area contributed by atoms with Crippen LogP contribution in [-0.2, 0) is 6.42 Å². The summed E-state index contributed by atoms with van der Waals surface area (Å²) in [7, 11) is 0. The second-order valence-electron chi connectivity index (χ2n) is 4.43. The molecule has 2 rings (SSSR count). The van der Waals surface area contributed by atoms with Crippen molar-refractivity contribution < 1.29 is 4.39 Å². The van der Waals surface area contributed by atoms with E-state index in [4.69, 9.17) is 17.3 Å². The molecule has 1 saturated carbocycles. The average molecular weight is 228 g/mol. The molecule has 15 heavy (non-hydrogen) atoms. The van der Waals surface area contributed by atoms with Crippen molar-refractivity contribution in [3.8, 4) is 0 Å². The molecule has 1 aromatic rings. The van der Waals surface area contributed by atoms with Gasteiger partial charge < -0.3 is 5.73 Å². The summed E-state index contributed by atoms with van der Waals surface area (Å²) in [6.45, 7) is 0.623. The summed E-state index contributed by atoms with van der Waals surface area (Å²) in [4.78, 5) is 0. The zero-order valence-corrected chi connectivity index (χ0v) is 9.36. The molecule has 0 aliphatic heterocycles. The molecule has 0 atom stereocenters. The van der Waals surface area contributed by atoms with Crippen LogP contribution in [0, 0.1) is 11.2 Å². The largest absolute Gasteiger partial charge is 0.330 e. The van der Waals surface area contributed by atoms with E-state index in [1.54, 1.807) is 12.1 Å². The lowest BCUT2D eigenvalue weighted by Crippen LogP contribution is -2.39. The van der Waals surface area contributed by atoms with Crippen molar-refractivity contribution in [3.05, 3.63) is 34.6 Å². The van der Waals surface area contributed by atoms with Crippen LogP contribution in [0.1, 0.15) is 24.8 Å². The minimum absolute atomic E-state index is 0.103. The Bertz CT molecular complexity index is 335. The minimum atomic E-state index is -0.206. The highest BCUT2D eigenvalue weighted by Gasteiger charge is 2.36. The molecule has 1 aliphatic carbocycles. The molecule has 82 valence electrons. The van der Waals surface area contributed by atoms with Crippen LogP contribution in [0.15, 0.2) is 18.2 Å². The first-order valence-electron chi connectivity index (χ1n) is 5.30. The third kappa shape index (κ3) is 2.01. The van der Waals surface area contributed by atoms with Gasteiger partial charge in [-0.2, -0.15) is 0 Å². The van der Waals surface area contributed by atoms with E-state index in [-0.39, 0.29) is 11.2 Å². The summed E-state index contributed by atoms with van der Waals surface area (Å²) in [6, 6.07) is 4.84. The van der Waals surface area contributed by atoms with Crippen molar-refractivity contribution >= 4 is 11.6 Å². The fourth-order valence-electron chi connectivity index (χ4n) is 2.21. The Hall–Kier alpha value is -0.600. The van der Waals surface area contributed by atoms with Crippen LogP contribution in [0.5, 0.6) is 0 Å². The van der Waals surface area contributed by atoms with Crippen molar-refractivity contribution in [1.82, 2.24) is 0 Å². The lowest BCUT2D eigenvalue weighted by molar-refractivity contribution is 0.143. The van der Waals surface area contributed by atoms with Crippen molar-refractivity contribution in [2.24, 2.45) is 11.1 Å². The molecule has 1 nitrogen and oxygen atoms in total. The van der Waals surface area contributed by atoms with E-state index >= 15 is 0 Å². The van der Waals surface area contributed by atoms with Gasteiger partial charge in [0.15, 0.2) is 0 Å². The van der Waals surface area contributed by atoms with Crippen LogP contribution < -0.4 is 5.73 Å². The third-order valence-corrected chi connectivity index (χ3v) is 3.81. The van der Waals surface area contributed by atoms with Crippen LogP contribution in [-0.4, -0.2) is 6.54 Å². The molecule has 0 aromatic heterocycles.